The monoisotopic (exact) mass is 833 g/mol. The molecular weight excluding hydrogens is 752 g/mol. The summed E-state index contributed by atoms with van der Waals surface area (Å²) in [6.45, 7) is 22.3. The van der Waals surface area contributed by atoms with Gasteiger partial charge in [0.15, 0.2) is 12.6 Å². The van der Waals surface area contributed by atoms with Crippen LogP contribution in [0.25, 0.3) is 0 Å². The molecule has 3 aliphatic rings. The van der Waals surface area contributed by atoms with Crippen LogP contribution in [0.5, 0.6) is 0 Å². The van der Waals surface area contributed by atoms with Gasteiger partial charge >= 0.3 is 0 Å². The van der Waals surface area contributed by atoms with Crippen LogP contribution in [0.15, 0.2) is 5.16 Å². The molecule has 15 heteroatoms. The van der Waals surface area contributed by atoms with Gasteiger partial charge in [0.05, 0.1) is 53.0 Å². The van der Waals surface area contributed by atoms with E-state index in [9.17, 15) is 25.2 Å². The quantitative estimate of drug-likeness (QED) is 0.161. The Hall–Kier alpha value is -1.34. The third kappa shape index (κ3) is 11.6. The molecule has 0 aromatic rings. The number of likely N-dealkylation sites (N-methyl/N-ethyl adjacent to an activating group) is 1. The number of methoxy groups -OCH3 is 2. The van der Waals surface area contributed by atoms with Gasteiger partial charge in [-0.25, -0.2) is 0 Å². The van der Waals surface area contributed by atoms with Crippen molar-refractivity contribution in [1.29, 1.82) is 0 Å². The zero-order chi connectivity index (χ0) is 44.1. The van der Waals surface area contributed by atoms with E-state index in [0.29, 0.717) is 25.2 Å². The largest absolute Gasteiger partial charge is 0.389 e. The lowest BCUT2D eigenvalue weighted by Gasteiger charge is -2.50. The number of carbonyl (C=O) groups excluding carboxylic acids is 1. The van der Waals surface area contributed by atoms with Gasteiger partial charge in [0.25, 0.3) is 0 Å². The molecule has 0 spiro atoms. The fourth-order valence-electron chi connectivity index (χ4n) is 9.60. The summed E-state index contributed by atoms with van der Waals surface area (Å²) in [4.78, 5) is 22.4. The van der Waals surface area contributed by atoms with Gasteiger partial charge in [0, 0.05) is 70.3 Å². The minimum absolute atomic E-state index is 0.0586. The number of ether oxygens (including phenoxy) is 7. The Labute approximate surface area is 348 Å². The predicted octanol–water partition coefficient (Wildman–Crippen LogP) is 4.29. The molecule has 3 rings (SSSR count). The van der Waals surface area contributed by atoms with Gasteiger partial charge < -0.3 is 63.3 Å². The van der Waals surface area contributed by atoms with Crippen molar-refractivity contribution in [3.8, 4) is 0 Å². The number of aliphatic hydroxyl groups excluding tert-OH is 3. The van der Waals surface area contributed by atoms with Crippen LogP contribution >= 0.6 is 0 Å². The molecule has 2 saturated heterocycles. The minimum Gasteiger partial charge on any atom is -0.389 e. The molecule has 58 heavy (non-hydrogen) atoms. The van der Waals surface area contributed by atoms with Gasteiger partial charge in [-0.3, -0.25) is 4.79 Å². The van der Waals surface area contributed by atoms with Crippen LogP contribution in [0.4, 0.5) is 0 Å². The highest BCUT2D eigenvalue weighted by Crippen LogP contribution is 2.43. The van der Waals surface area contributed by atoms with E-state index in [-0.39, 0.29) is 37.2 Å². The van der Waals surface area contributed by atoms with Crippen molar-refractivity contribution in [2.75, 3.05) is 34.9 Å². The molecule has 0 radical (unpaired) electrons. The summed E-state index contributed by atoms with van der Waals surface area (Å²) in [7, 11) is 6.94. The molecule has 0 aromatic carbocycles. The van der Waals surface area contributed by atoms with Gasteiger partial charge in [-0.15, -0.1) is 0 Å². The van der Waals surface area contributed by atoms with E-state index in [0.717, 1.165) is 0 Å². The smallest absolute Gasteiger partial charge is 0.223 e. The number of Topliss-reactive ketones (excluding diaryl/α,β-unsaturated/α-hetero) is 1. The fourth-order valence-corrected chi connectivity index (χ4v) is 9.60. The van der Waals surface area contributed by atoms with E-state index in [1.54, 1.807) is 48.7 Å². The Morgan fingerprint density at radius 1 is 0.897 bits per heavy atom. The topological polar surface area (TPSA) is 187 Å². The molecule has 340 valence electrons. The molecular formula is C43H80N2O13. The molecule has 2 aliphatic heterocycles. The van der Waals surface area contributed by atoms with Crippen LogP contribution in [0.1, 0.15) is 115 Å². The summed E-state index contributed by atoms with van der Waals surface area (Å²) in [5.74, 6) is -3.39. The van der Waals surface area contributed by atoms with Crippen LogP contribution in [-0.4, -0.2) is 156 Å². The first-order chi connectivity index (χ1) is 26.9. The van der Waals surface area contributed by atoms with Crippen molar-refractivity contribution in [3.63, 3.8) is 0 Å². The zero-order valence-electron chi connectivity index (χ0n) is 38.3. The van der Waals surface area contributed by atoms with Gasteiger partial charge in [-0.2, -0.15) is 0 Å². The lowest BCUT2D eigenvalue weighted by atomic mass is 9.69. The summed E-state index contributed by atoms with van der Waals surface area (Å²) in [5.41, 5.74) is -3.41. The van der Waals surface area contributed by atoms with Crippen LogP contribution in [0.3, 0.4) is 0 Å². The maximum absolute atomic E-state index is 14.6. The maximum atomic E-state index is 14.6. The standard InChI is InChI=1S/C43H80N2O13/c1-17-30-20-32(46)25(5)36(56-33-22-41(10,51-15)38(49)28(8)55-33)27(7)39(57-40-35(47)31(45(13)14)19-24(4)54-40)42(11,52-16)21-23(3)34(44-58-29(9)53-18-2)26(6)37(48)43(30,12)50/h23-31,33,35-40,47-50H,17-22H2,1-16H3/b44-34+/t23-,24-,25+,26+,27+,28+,29?,30+,31+,33+,35-,36-,37-,38+,39-,40+,41-,42-,43-/m1/s1. The molecule has 1 aliphatic carbocycles. The number of carbonyl (C=O) groups is 1. The van der Waals surface area contributed by atoms with Crippen molar-refractivity contribution < 1.29 is 63.2 Å². The molecule has 0 aromatic heterocycles. The molecule has 1 unspecified atom stereocenters. The van der Waals surface area contributed by atoms with Crippen LogP contribution in [0.2, 0.25) is 0 Å². The number of rotatable bonds is 12. The number of aliphatic hydroxyl groups is 4. The highest BCUT2D eigenvalue weighted by Gasteiger charge is 2.53. The Balaban J connectivity index is 2.30. The zero-order valence-corrected chi connectivity index (χ0v) is 38.3. The van der Waals surface area contributed by atoms with Gasteiger partial charge in [-0.1, -0.05) is 46.2 Å². The highest BCUT2D eigenvalue weighted by molar-refractivity contribution is 5.89. The Morgan fingerprint density at radius 2 is 1.52 bits per heavy atom. The predicted molar refractivity (Wildman–Crippen MR) is 219 cm³/mol. The van der Waals surface area contributed by atoms with Crippen LogP contribution in [0, 0.1) is 29.6 Å². The van der Waals surface area contributed by atoms with Crippen molar-refractivity contribution >= 4 is 11.5 Å². The first-order valence-corrected chi connectivity index (χ1v) is 21.5. The summed E-state index contributed by atoms with van der Waals surface area (Å²) >= 11 is 0. The number of hydrogen-bond acceptors (Lipinski definition) is 15. The molecule has 19 atom stereocenters. The summed E-state index contributed by atoms with van der Waals surface area (Å²) in [6, 6.07) is -0.262. The Morgan fingerprint density at radius 3 is 2.07 bits per heavy atom. The number of nitrogens with zero attached hydrogens (tertiary/aromatic N) is 2. The first kappa shape index (κ1) is 51.0. The third-order valence-electron chi connectivity index (χ3n) is 13.6. The van der Waals surface area contributed by atoms with Crippen LogP contribution in [-0.2, 0) is 42.8 Å². The lowest BCUT2D eigenvalue weighted by Crippen LogP contribution is -2.61. The number of ketones is 1. The van der Waals surface area contributed by atoms with Crippen molar-refractivity contribution in [1.82, 2.24) is 4.90 Å². The second-order valence-electron chi connectivity index (χ2n) is 18.3. The first-order valence-electron chi connectivity index (χ1n) is 21.5. The fraction of sp³-hybridized carbons (Fsp3) is 0.953. The molecule has 0 bridgehead atoms. The average Bonchev–Trinajstić information content (AvgIpc) is 3.16. The van der Waals surface area contributed by atoms with E-state index < -0.39 is 102 Å². The van der Waals surface area contributed by atoms with Crippen molar-refractivity contribution in [2.45, 2.75) is 200 Å². The molecule has 0 amide bonds. The Bertz CT molecular complexity index is 1320. The summed E-state index contributed by atoms with van der Waals surface area (Å²) in [6.07, 6.45) is -7.22. The minimum atomic E-state index is -1.70. The van der Waals surface area contributed by atoms with Gasteiger partial charge in [-0.05, 0) is 74.4 Å². The maximum Gasteiger partial charge on any atom is 0.223 e. The molecule has 3 fully saturated rings. The normalized spacial score (nSPS) is 46.5. The van der Waals surface area contributed by atoms with Crippen molar-refractivity contribution in [3.05, 3.63) is 0 Å². The van der Waals surface area contributed by atoms with Crippen molar-refractivity contribution in [2.24, 2.45) is 34.7 Å². The van der Waals surface area contributed by atoms with E-state index in [1.807, 2.05) is 60.5 Å². The third-order valence-corrected chi connectivity index (χ3v) is 13.6. The number of oxime groups is 1. The summed E-state index contributed by atoms with van der Waals surface area (Å²) in [5, 5.41) is 51.6. The molecule has 4 N–H and O–H groups in total. The van der Waals surface area contributed by atoms with Gasteiger partial charge in [0.2, 0.25) is 6.29 Å². The van der Waals surface area contributed by atoms with E-state index in [2.05, 4.69) is 5.16 Å². The van der Waals surface area contributed by atoms with E-state index in [1.165, 1.54) is 7.11 Å². The molecule has 2 heterocycles. The molecule has 1 saturated carbocycles. The van der Waals surface area contributed by atoms with E-state index >= 15 is 0 Å². The molecule has 15 nitrogen and oxygen atoms in total. The van der Waals surface area contributed by atoms with E-state index in [4.69, 9.17) is 38.0 Å². The SMILES string of the molecule is CCOC(C)O/N=C1\[C@H](C)C[C@@](C)(OC)[C@H](O[C@@H]2O[C@H](C)C[C@H](N(C)C)[C@H]2O)[C@@H](C)[C@H](O[C@H]2C[C@@](C)(OC)[C@@H](O)[C@H](C)O2)[C@@H](C)C(=O)C[C@H](CC)[C@@](C)(O)[C@H](O)[C@H]1C. The lowest BCUT2D eigenvalue weighted by molar-refractivity contribution is -0.318. The Kier molecular flexibility index (Phi) is 18.6. The highest BCUT2D eigenvalue weighted by atomic mass is 16.8. The second kappa shape index (κ2) is 21.2. The van der Waals surface area contributed by atoms with Crippen LogP contribution < -0.4 is 0 Å². The number of hydrogen-bond donors (Lipinski definition) is 4. The van der Waals surface area contributed by atoms with Gasteiger partial charge in [0.1, 0.15) is 18.0 Å². The second-order valence-corrected chi connectivity index (χ2v) is 18.3. The summed E-state index contributed by atoms with van der Waals surface area (Å²) < 4.78 is 44.4. The average molecular weight is 833 g/mol.